The number of carboxylic acid groups (broad SMARTS) is 2. The van der Waals surface area contributed by atoms with E-state index in [1.54, 1.807) is 12.1 Å². The number of nitrogen functional groups attached to an aromatic ring is 1. The molecule has 5 N–H and O–H groups in total. The molecule has 3 rings (SSSR count). The number of pyridine rings is 1. The van der Waals surface area contributed by atoms with Gasteiger partial charge in [0.15, 0.2) is 11.6 Å². The van der Waals surface area contributed by atoms with Crippen molar-refractivity contribution in [3.8, 4) is 28.0 Å². The first-order valence-corrected chi connectivity index (χ1v) is 8.21. The number of carboxylic acids is 2. The molecule has 0 unspecified atom stereocenters. The van der Waals surface area contributed by atoms with Gasteiger partial charge in [0.25, 0.3) is 5.56 Å². The average molecular weight is 398 g/mol. The van der Waals surface area contributed by atoms with Gasteiger partial charge in [0.2, 0.25) is 0 Å². The van der Waals surface area contributed by atoms with E-state index in [0.29, 0.717) is 11.1 Å². The SMILES string of the molecule is COc1ccc(-c2cccc(-c3c(C(=O)O)c(N)[nH]c(=O)c3C(=O)O)c2)cc1F. The number of anilines is 1. The molecular formula is C20H15FN2O6. The molecule has 0 aliphatic heterocycles. The van der Waals surface area contributed by atoms with Gasteiger partial charge in [-0.05, 0) is 34.9 Å². The van der Waals surface area contributed by atoms with E-state index in [9.17, 15) is 29.0 Å². The highest BCUT2D eigenvalue weighted by Gasteiger charge is 2.26. The number of aromatic nitrogens is 1. The molecule has 8 nitrogen and oxygen atoms in total. The van der Waals surface area contributed by atoms with Crippen LogP contribution in [0.4, 0.5) is 10.2 Å². The Morgan fingerprint density at radius 2 is 1.62 bits per heavy atom. The number of hydrogen-bond acceptors (Lipinski definition) is 5. The Morgan fingerprint density at radius 1 is 1.00 bits per heavy atom. The number of rotatable bonds is 5. The monoisotopic (exact) mass is 398 g/mol. The maximum atomic E-state index is 14.1. The Bertz CT molecular complexity index is 1200. The van der Waals surface area contributed by atoms with Gasteiger partial charge in [0.1, 0.15) is 16.9 Å². The maximum Gasteiger partial charge on any atom is 0.342 e. The number of methoxy groups -OCH3 is 1. The Morgan fingerprint density at radius 3 is 2.21 bits per heavy atom. The first-order valence-electron chi connectivity index (χ1n) is 8.21. The number of H-pyrrole nitrogens is 1. The van der Waals surface area contributed by atoms with Crippen LogP contribution in [0.5, 0.6) is 5.75 Å². The molecule has 2 aromatic carbocycles. The summed E-state index contributed by atoms with van der Waals surface area (Å²) in [5, 5.41) is 19.0. The van der Waals surface area contributed by atoms with Crippen LogP contribution in [0.1, 0.15) is 20.7 Å². The molecule has 3 aromatic rings. The lowest BCUT2D eigenvalue weighted by molar-refractivity contribution is 0.0695. The van der Waals surface area contributed by atoms with E-state index in [-0.39, 0.29) is 16.9 Å². The van der Waals surface area contributed by atoms with Crippen LogP contribution in [0.3, 0.4) is 0 Å². The zero-order valence-corrected chi connectivity index (χ0v) is 15.0. The summed E-state index contributed by atoms with van der Waals surface area (Å²) in [6.07, 6.45) is 0. The van der Waals surface area contributed by atoms with Gasteiger partial charge in [-0.2, -0.15) is 0 Å². The summed E-state index contributed by atoms with van der Waals surface area (Å²) in [7, 11) is 1.33. The highest BCUT2D eigenvalue weighted by Crippen LogP contribution is 2.33. The Kier molecular flexibility index (Phi) is 5.05. The van der Waals surface area contributed by atoms with Crippen LogP contribution < -0.4 is 16.0 Å². The fourth-order valence-corrected chi connectivity index (χ4v) is 3.04. The van der Waals surface area contributed by atoms with E-state index in [0.717, 1.165) is 0 Å². The molecule has 0 saturated carbocycles. The standard InChI is InChI=1S/C20H15FN2O6/c1-29-13-6-5-10(8-12(13)21)9-3-2-4-11(7-9)14-15(19(25)26)17(22)23-18(24)16(14)20(27)28/h2-8H,1H3,(H,25,26)(H,27,28)(H3,22,23,24). The Labute approximate surface area is 163 Å². The van der Waals surface area contributed by atoms with Gasteiger partial charge in [-0.1, -0.05) is 24.3 Å². The predicted molar refractivity (Wildman–Crippen MR) is 103 cm³/mol. The largest absolute Gasteiger partial charge is 0.494 e. The van der Waals surface area contributed by atoms with Crippen molar-refractivity contribution >= 4 is 17.8 Å². The van der Waals surface area contributed by atoms with Gasteiger partial charge in [-0.25, -0.2) is 14.0 Å². The summed E-state index contributed by atoms with van der Waals surface area (Å²) in [6, 6.07) is 10.3. The second-order valence-corrected chi connectivity index (χ2v) is 6.03. The van der Waals surface area contributed by atoms with E-state index in [4.69, 9.17) is 10.5 Å². The summed E-state index contributed by atoms with van der Waals surface area (Å²) < 4.78 is 18.9. The molecule has 0 aliphatic rings. The minimum Gasteiger partial charge on any atom is -0.494 e. The highest BCUT2D eigenvalue weighted by molar-refractivity contribution is 6.07. The van der Waals surface area contributed by atoms with E-state index in [1.807, 2.05) is 4.98 Å². The molecule has 0 spiro atoms. The zero-order chi connectivity index (χ0) is 21.3. The smallest absolute Gasteiger partial charge is 0.342 e. The maximum absolute atomic E-state index is 14.1. The van der Waals surface area contributed by atoms with Gasteiger partial charge >= 0.3 is 11.9 Å². The average Bonchev–Trinajstić information content (AvgIpc) is 2.66. The van der Waals surface area contributed by atoms with Crippen LogP contribution >= 0.6 is 0 Å². The summed E-state index contributed by atoms with van der Waals surface area (Å²) >= 11 is 0. The molecule has 9 heteroatoms. The molecule has 0 saturated heterocycles. The van der Waals surface area contributed by atoms with Gasteiger partial charge in [0.05, 0.1) is 7.11 Å². The lowest BCUT2D eigenvalue weighted by Gasteiger charge is -2.13. The number of nitrogens with two attached hydrogens (primary N) is 1. The molecule has 0 amide bonds. The molecule has 0 fully saturated rings. The Hall–Kier alpha value is -4.14. The first-order chi connectivity index (χ1) is 13.7. The Balaban J connectivity index is 2.29. The van der Waals surface area contributed by atoms with Crippen molar-refractivity contribution in [3.05, 3.63) is 69.8 Å². The molecule has 0 radical (unpaired) electrons. The van der Waals surface area contributed by atoms with Crippen LogP contribution in [0.15, 0.2) is 47.3 Å². The molecule has 0 aliphatic carbocycles. The van der Waals surface area contributed by atoms with Crippen molar-refractivity contribution < 1.29 is 28.9 Å². The van der Waals surface area contributed by atoms with Crippen molar-refractivity contribution in [1.82, 2.24) is 4.98 Å². The summed E-state index contributed by atoms with van der Waals surface area (Å²) in [5.74, 6) is -4.13. The topological polar surface area (TPSA) is 143 Å². The lowest BCUT2D eigenvalue weighted by atomic mass is 9.93. The number of hydrogen-bond donors (Lipinski definition) is 4. The number of ether oxygens (including phenoxy) is 1. The van der Waals surface area contributed by atoms with Gasteiger partial charge in [-0.15, -0.1) is 0 Å². The summed E-state index contributed by atoms with van der Waals surface area (Å²) in [5.41, 5.74) is 4.02. The van der Waals surface area contributed by atoms with Crippen LogP contribution in [-0.2, 0) is 0 Å². The van der Waals surface area contributed by atoms with Gasteiger partial charge in [-0.3, -0.25) is 4.79 Å². The van der Waals surface area contributed by atoms with Crippen molar-refractivity contribution in [2.75, 3.05) is 12.8 Å². The normalized spacial score (nSPS) is 10.6. The first kappa shape index (κ1) is 19.6. The van der Waals surface area contributed by atoms with Crippen molar-refractivity contribution in [1.29, 1.82) is 0 Å². The highest BCUT2D eigenvalue weighted by atomic mass is 19.1. The third-order valence-corrected chi connectivity index (χ3v) is 4.31. The third-order valence-electron chi connectivity index (χ3n) is 4.31. The van der Waals surface area contributed by atoms with Crippen molar-refractivity contribution in [2.45, 2.75) is 0 Å². The van der Waals surface area contributed by atoms with E-state index in [1.165, 1.54) is 37.4 Å². The van der Waals surface area contributed by atoms with Crippen molar-refractivity contribution in [2.24, 2.45) is 0 Å². The molecule has 0 atom stereocenters. The summed E-state index contributed by atoms with van der Waals surface area (Å²) in [4.78, 5) is 37.6. The fraction of sp³-hybridized carbons (Fsp3) is 0.0500. The van der Waals surface area contributed by atoms with Gasteiger partial charge < -0.3 is 25.7 Å². The predicted octanol–water partition coefficient (Wildman–Crippen LogP) is 2.84. The molecule has 148 valence electrons. The van der Waals surface area contributed by atoms with E-state index < -0.39 is 40.3 Å². The fourth-order valence-electron chi connectivity index (χ4n) is 3.04. The number of nitrogens with one attached hydrogen (secondary N) is 1. The number of halogens is 1. The zero-order valence-electron chi connectivity index (χ0n) is 15.0. The number of aromatic carboxylic acids is 2. The van der Waals surface area contributed by atoms with Gasteiger partial charge in [0, 0.05) is 5.56 Å². The number of aromatic amines is 1. The molecule has 29 heavy (non-hydrogen) atoms. The second-order valence-electron chi connectivity index (χ2n) is 6.03. The molecule has 0 bridgehead atoms. The molecule has 1 aromatic heterocycles. The van der Waals surface area contributed by atoms with Crippen LogP contribution in [0.2, 0.25) is 0 Å². The summed E-state index contributed by atoms with van der Waals surface area (Å²) in [6.45, 7) is 0. The van der Waals surface area contributed by atoms with E-state index >= 15 is 0 Å². The quantitative estimate of drug-likeness (QED) is 0.517. The molecular weight excluding hydrogens is 383 g/mol. The number of carbonyl (C=O) groups is 2. The minimum atomic E-state index is -1.61. The minimum absolute atomic E-state index is 0.0496. The lowest BCUT2D eigenvalue weighted by Crippen LogP contribution is -2.24. The van der Waals surface area contributed by atoms with Crippen LogP contribution in [0, 0.1) is 5.82 Å². The third kappa shape index (κ3) is 3.53. The van der Waals surface area contributed by atoms with E-state index in [2.05, 4.69) is 0 Å². The van der Waals surface area contributed by atoms with Crippen LogP contribution in [0.25, 0.3) is 22.3 Å². The molecule has 1 heterocycles. The van der Waals surface area contributed by atoms with Crippen molar-refractivity contribution in [3.63, 3.8) is 0 Å². The van der Waals surface area contributed by atoms with Crippen LogP contribution in [-0.4, -0.2) is 34.2 Å². The second kappa shape index (κ2) is 7.47. The number of benzene rings is 2.